The van der Waals surface area contributed by atoms with Crippen molar-refractivity contribution in [1.82, 2.24) is 20.6 Å². The van der Waals surface area contributed by atoms with Crippen molar-refractivity contribution < 1.29 is 4.79 Å². The van der Waals surface area contributed by atoms with Crippen molar-refractivity contribution in [3.8, 4) is 0 Å². The van der Waals surface area contributed by atoms with Gasteiger partial charge in [0.15, 0.2) is 0 Å². The summed E-state index contributed by atoms with van der Waals surface area (Å²) >= 11 is 0. The molecule has 2 aliphatic rings. The predicted molar refractivity (Wildman–Crippen MR) is 74.9 cm³/mol. The van der Waals surface area contributed by atoms with Crippen LogP contribution in [0, 0.1) is 0 Å². The lowest BCUT2D eigenvalue weighted by atomic mass is 10.1. The van der Waals surface area contributed by atoms with Gasteiger partial charge in [-0.3, -0.25) is 9.59 Å². The van der Waals surface area contributed by atoms with Gasteiger partial charge in [0.05, 0.1) is 0 Å². The van der Waals surface area contributed by atoms with Gasteiger partial charge >= 0.3 is 0 Å². The van der Waals surface area contributed by atoms with Crippen molar-refractivity contribution in [3.63, 3.8) is 0 Å². The Morgan fingerprint density at radius 3 is 3.00 bits per heavy atom. The zero-order chi connectivity index (χ0) is 14.1. The molecule has 3 N–H and O–H groups in total. The van der Waals surface area contributed by atoms with Gasteiger partial charge in [0.25, 0.3) is 5.56 Å². The maximum atomic E-state index is 12.0. The molecule has 1 unspecified atom stereocenters. The number of amides is 1. The van der Waals surface area contributed by atoms with E-state index >= 15 is 0 Å². The van der Waals surface area contributed by atoms with Crippen molar-refractivity contribution in [2.24, 2.45) is 0 Å². The maximum Gasteiger partial charge on any atom is 0.252 e. The summed E-state index contributed by atoms with van der Waals surface area (Å²) in [6.45, 7) is 2.01. The molecule has 1 aliphatic heterocycles. The van der Waals surface area contributed by atoms with Crippen LogP contribution in [0.4, 0.5) is 5.82 Å². The fourth-order valence-corrected chi connectivity index (χ4v) is 2.54. The van der Waals surface area contributed by atoms with E-state index in [1.165, 1.54) is 6.07 Å². The van der Waals surface area contributed by atoms with Crippen molar-refractivity contribution in [2.45, 2.75) is 24.8 Å². The third-order valence-electron chi connectivity index (χ3n) is 3.80. The molecule has 1 saturated heterocycles. The van der Waals surface area contributed by atoms with Crippen LogP contribution in [0.2, 0.25) is 0 Å². The smallest absolute Gasteiger partial charge is 0.252 e. The Bertz CT molecular complexity index is 566. The minimum atomic E-state index is -0.324. The van der Waals surface area contributed by atoms with Crippen molar-refractivity contribution in [1.29, 1.82) is 0 Å². The summed E-state index contributed by atoms with van der Waals surface area (Å²) in [6.07, 6.45) is 2.15. The van der Waals surface area contributed by atoms with Gasteiger partial charge in [-0.25, -0.2) is 4.98 Å². The average Bonchev–Trinajstić information content (AvgIpc) is 3.30. The molecule has 0 aromatic carbocycles. The Morgan fingerprint density at radius 2 is 2.30 bits per heavy atom. The highest BCUT2D eigenvalue weighted by Gasteiger charge is 2.31. The SMILES string of the molecule is CNC(=O)C1CNCCN1c1cc(=O)[nH]c(C2CC2)n1. The number of carbonyl (C=O) groups is 1. The van der Waals surface area contributed by atoms with Gasteiger partial charge in [-0.15, -0.1) is 0 Å². The van der Waals surface area contributed by atoms with E-state index < -0.39 is 0 Å². The predicted octanol–water partition coefficient (Wildman–Crippen LogP) is -0.828. The second-order valence-electron chi connectivity index (χ2n) is 5.29. The van der Waals surface area contributed by atoms with E-state index in [0.717, 1.165) is 25.2 Å². The Balaban J connectivity index is 1.92. The van der Waals surface area contributed by atoms with Gasteiger partial charge in [0, 0.05) is 38.7 Å². The second kappa shape index (κ2) is 5.24. The fraction of sp³-hybridized carbons (Fsp3) is 0.615. The minimum Gasteiger partial charge on any atom is -0.357 e. The Kier molecular flexibility index (Phi) is 3.43. The molecular formula is C13H19N5O2. The topological polar surface area (TPSA) is 90.1 Å². The van der Waals surface area contributed by atoms with Crippen molar-refractivity contribution in [2.75, 3.05) is 31.6 Å². The molecule has 0 radical (unpaired) electrons. The van der Waals surface area contributed by atoms with Crippen LogP contribution in [0.15, 0.2) is 10.9 Å². The number of anilines is 1. The standard InChI is InChI=1S/C13H19N5O2/c1-14-13(20)9-7-15-4-5-18(9)10-6-11(19)17-12(16-10)8-2-3-8/h6,8-9,15H,2-5,7H2,1H3,(H,14,20)(H,16,17,19). The molecule has 1 aromatic heterocycles. The van der Waals surface area contributed by atoms with Crippen LogP contribution in [0.5, 0.6) is 0 Å². The molecule has 7 nitrogen and oxygen atoms in total. The first-order valence-electron chi connectivity index (χ1n) is 6.99. The fourth-order valence-electron chi connectivity index (χ4n) is 2.54. The van der Waals surface area contributed by atoms with E-state index in [0.29, 0.717) is 24.8 Å². The summed E-state index contributed by atoms with van der Waals surface area (Å²) < 4.78 is 0. The number of H-pyrrole nitrogens is 1. The van der Waals surface area contributed by atoms with E-state index in [1.807, 2.05) is 4.90 Å². The molecule has 2 heterocycles. The zero-order valence-electron chi connectivity index (χ0n) is 11.5. The molecule has 3 rings (SSSR count). The summed E-state index contributed by atoms with van der Waals surface area (Å²) in [7, 11) is 1.62. The molecule has 0 spiro atoms. The molecule has 1 saturated carbocycles. The van der Waals surface area contributed by atoms with Crippen LogP contribution in [0.3, 0.4) is 0 Å². The quantitative estimate of drug-likeness (QED) is 0.671. The van der Waals surface area contributed by atoms with Gasteiger partial charge in [0.2, 0.25) is 5.91 Å². The van der Waals surface area contributed by atoms with Gasteiger partial charge in [-0.1, -0.05) is 0 Å². The molecule has 108 valence electrons. The number of carbonyl (C=O) groups excluding carboxylic acids is 1. The number of hydrogen-bond acceptors (Lipinski definition) is 5. The highest BCUT2D eigenvalue weighted by Crippen LogP contribution is 2.38. The molecule has 1 atom stereocenters. The summed E-state index contributed by atoms with van der Waals surface area (Å²) in [5.41, 5.74) is -0.147. The van der Waals surface area contributed by atoms with Crippen LogP contribution in [0.1, 0.15) is 24.6 Å². The van der Waals surface area contributed by atoms with Gasteiger partial charge < -0.3 is 20.5 Å². The molecule has 1 aliphatic carbocycles. The van der Waals surface area contributed by atoms with E-state index in [1.54, 1.807) is 7.05 Å². The third kappa shape index (κ3) is 2.53. The molecule has 1 aromatic rings. The Labute approximate surface area is 116 Å². The number of nitrogens with zero attached hydrogens (tertiary/aromatic N) is 2. The number of rotatable bonds is 3. The van der Waals surface area contributed by atoms with Crippen LogP contribution >= 0.6 is 0 Å². The molecule has 1 amide bonds. The van der Waals surface area contributed by atoms with Crippen LogP contribution < -0.4 is 21.1 Å². The second-order valence-corrected chi connectivity index (χ2v) is 5.29. The van der Waals surface area contributed by atoms with Crippen molar-refractivity contribution in [3.05, 3.63) is 22.2 Å². The number of aromatic nitrogens is 2. The third-order valence-corrected chi connectivity index (χ3v) is 3.80. The highest BCUT2D eigenvalue weighted by atomic mass is 16.2. The van der Waals surface area contributed by atoms with Crippen LogP contribution in [0.25, 0.3) is 0 Å². The van der Waals surface area contributed by atoms with E-state index in [-0.39, 0.29) is 17.5 Å². The van der Waals surface area contributed by atoms with Gasteiger partial charge in [-0.2, -0.15) is 0 Å². The average molecular weight is 277 g/mol. The van der Waals surface area contributed by atoms with E-state index in [4.69, 9.17) is 0 Å². The van der Waals surface area contributed by atoms with Crippen LogP contribution in [-0.2, 0) is 4.79 Å². The van der Waals surface area contributed by atoms with Gasteiger partial charge in [0.1, 0.15) is 17.7 Å². The van der Waals surface area contributed by atoms with Crippen molar-refractivity contribution >= 4 is 11.7 Å². The van der Waals surface area contributed by atoms with E-state index in [9.17, 15) is 9.59 Å². The maximum absolute atomic E-state index is 12.0. The molecule has 7 heteroatoms. The Hall–Kier alpha value is -1.89. The largest absolute Gasteiger partial charge is 0.357 e. The Morgan fingerprint density at radius 1 is 1.50 bits per heavy atom. The molecular weight excluding hydrogens is 258 g/mol. The number of nitrogens with one attached hydrogen (secondary N) is 3. The first kappa shape index (κ1) is 13.1. The zero-order valence-corrected chi connectivity index (χ0v) is 11.5. The lowest BCUT2D eigenvalue weighted by Gasteiger charge is -2.35. The monoisotopic (exact) mass is 277 g/mol. The number of likely N-dealkylation sites (N-methyl/N-ethyl adjacent to an activating group) is 1. The summed E-state index contributed by atoms with van der Waals surface area (Å²) in [5, 5.41) is 5.86. The van der Waals surface area contributed by atoms with Crippen LogP contribution in [-0.4, -0.2) is 48.6 Å². The summed E-state index contributed by atoms with van der Waals surface area (Å²) in [4.78, 5) is 33.0. The lowest BCUT2D eigenvalue weighted by molar-refractivity contribution is -0.122. The van der Waals surface area contributed by atoms with E-state index in [2.05, 4.69) is 20.6 Å². The summed E-state index contributed by atoms with van der Waals surface area (Å²) in [6, 6.07) is 1.16. The lowest BCUT2D eigenvalue weighted by Crippen LogP contribution is -2.58. The summed E-state index contributed by atoms with van der Waals surface area (Å²) in [5.74, 6) is 1.67. The van der Waals surface area contributed by atoms with Gasteiger partial charge in [-0.05, 0) is 12.8 Å². The first-order chi connectivity index (χ1) is 9.69. The normalized spacial score (nSPS) is 22.6. The number of piperazine rings is 1. The molecule has 20 heavy (non-hydrogen) atoms. The number of aromatic amines is 1. The minimum absolute atomic E-state index is 0.0627. The highest BCUT2D eigenvalue weighted by molar-refractivity contribution is 5.85. The first-order valence-corrected chi connectivity index (χ1v) is 6.99. The molecule has 2 fully saturated rings. The molecule has 0 bridgehead atoms. The number of hydrogen-bond donors (Lipinski definition) is 3.